The molecule has 0 aliphatic carbocycles. The lowest BCUT2D eigenvalue weighted by atomic mass is 9.97. The molecule has 0 spiro atoms. The standard InChI is InChI=1S/C22H29N3O3S/c1-5-28-21(27)18-8-11-24(12-9-18)20(26)17(4)29-22-23-10-13-25(22)19-7-6-15(2)14-16(19)3/h6-7,10,13-14,17-18H,5,8-9,11-12H2,1-4H3/t17-/m0/s1. The van der Waals surface area contributed by atoms with E-state index in [2.05, 4.69) is 37.0 Å². The predicted molar refractivity (Wildman–Crippen MR) is 114 cm³/mol. The van der Waals surface area contributed by atoms with Crippen LogP contribution in [0.2, 0.25) is 0 Å². The zero-order chi connectivity index (χ0) is 21.0. The van der Waals surface area contributed by atoms with Crippen molar-refractivity contribution < 1.29 is 14.3 Å². The number of likely N-dealkylation sites (tertiary alicyclic amines) is 1. The van der Waals surface area contributed by atoms with Crippen molar-refractivity contribution in [1.82, 2.24) is 14.5 Å². The molecule has 1 aliphatic heterocycles. The van der Waals surface area contributed by atoms with E-state index < -0.39 is 0 Å². The average molecular weight is 416 g/mol. The molecule has 0 radical (unpaired) electrons. The Morgan fingerprint density at radius 1 is 1.28 bits per heavy atom. The molecule has 1 aromatic carbocycles. The maximum absolute atomic E-state index is 12.9. The Balaban J connectivity index is 1.63. The maximum atomic E-state index is 12.9. The second-order valence-electron chi connectivity index (χ2n) is 7.48. The van der Waals surface area contributed by atoms with Crippen LogP contribution >= 0.6 is 11.8 Å². The lowest BCUT2D eigenvalue weighted by molar-refractivity contribution is -0.151. The molecule has 1 atom stereocenters. The van der Waals surface area contributed by atoms with E-state index in [9.17, 15) is 9.59 Å². The molecule has 0 bridgehead atoms. The van der Waals surface area contributed by atoms with Gasteiger partial charge in [-0.15, -0.1) is 0 Å². The van der Waals surface area contributed by atoms with Gasteiger partial charge in [0.1, 0.15) is 0 Å². The molecule has 6 nitrogen and oxygen atoms in total. The van der Waals surface area contributed by atoms with Gasteiger partial charge in [0, 0.05) is 25.5 Å². The Morgan fingerprint density at radius 3 is 2.66 bits per heavy atom. The second-order valence-corrected chi connectivity index (χ2v) is 8.79. The Kier molecular flexibility index (Phi) is 7.00. The third-order valence-corrected chi connectivity index (χ3v) is 6.34. The molecule has 1 aliphatic rings. The van der Waals surface area contributed by atoms with Crippen LogP contribution in [0, 0.1) is 19.8 Å². The van der Waals surface area contributed by atoms with Gasteiger partial charge in [-0.3, -0.25) is 14.2 Å². The normalized spacial score (nSPS) is 15.9. The van der Waals surface area contributed by atoms with Crippen LogP contribution in [-0.2, 0) is 14.3 Å². The predicted octanol–water partition coefficient (Wildman–Crippen LogP) is 3.77. The van der Waals surface area contributed by atoms with Crippen LogP contribution in [0.3, 0.4) is 0 Å². The van der Waals surface area contributed by atoms with Gasteiger partial charge in [-0.1, -0.05) is 29.5 Å². The molecule has 156 valence electrons. The molecule has 0 N–H and O–H groups in total. The van der Waals surface area contributed by atoms with Gasteiger partial charge in [0.2, 0.25) is 5.91 Å². The summed E-state index contributed by atoms with van der Waals surface area (Å²) in [6, 6.07) is 6.31. The van der Waals surface area contributed by atoms with E-state index in [1.54, 1.807) is 6.20 Å². The molecule has 7 heteroatoms. The van der Waals surface area contributed by atoms with E-state index in [0.29, 0.717) is 32.5 Å². The summed E-state index contributed by atoms with van der Waals surface area (Å²) in [5.74, 6) is -0.143. The van der Waals surface area contributed by atoms with Crippen molar-refractivity contribution in [2.24, 2.45) is 5.92 Å². The van der Waals surface area contributed by atoms with E-state index in [1.165, 1.54) is 22.9 Å². The Labute approximate surface area is 176 Å². The number of piperidine rings is 1. The van der Waals surface area contributed by atoms with Crippen LogP contribution in [0.25, 0.3) is 5.69 Å². The van der Waals surface area contributed by atoms with E-state index >= 15 is 0 Å². The molecule has 1 amide bonds. The first-order chi connectivity index (χ1) is 13.9. The summed E-state index contributed by atoms with van der Waals surface area (Å²) in [5, 5.41) is 0.556. The van der Waals surface area contributed by atoms with Gasteiger partial charge in [-0.05, 0) is 52.2 Å². The minimum atomic E-state index is -0.249. The van der Waals surface area contributed by atoms with Gasteiger partial charge in [-0.25, -0.2) is 4.98 Å². The number of imidazole rings is 1. The monoisotopic (exact) mass is 415 g/mol. The van der Waals surface area contributed by atoms with Crippen LogP contribution in [-0.4, -0.2) is 51.3 Å². The fraction of sp³-hybridized carbons (Fsp3) is 0.500. The number of nitrogens with zero attached hydrogens (tertiary/aromatic N) is 3. The van der Waals surface area contributed by atoms with Gasteiger partial charge in [-0.2, -0.15) is 0 Å². The third-order valence-electron chi connectivity index (χ3n) is 5.28. The fourth-order valence-corrected chi connectivity index (χ4v) is 4.66. The highest BCUT2D eigenvalue weighted by atomic mass is 32.2. The summed E-state index contributed by atoms with van der Waals surface area (Å²) in [6.45, 7) is 9.49. The summed E-state index contributed by atoms with van der Waals surface area (Å²) in [5.41, 5.74) is 3.46. The third kappa shape index (κ3) is 5.01. The molecule has 2 aromatic rings. The first-order valence-electron chi connectivity index (χ1n) is 10.1. The van der Waals surface area contributed by atoms with Gasteiger partial charge in [0.25, 0.3) is 0 Å². The van der Waals surface area contributed by atoms with Gasteiger partial charge in [0.15, 0.2) is 5.16 Å². The largest absolute Gasteiger partial charge is 0.466 e. The highest BCUT2D eigenvalue weighted by Crippen LogP contribution is 2.28. The highest BCUT2D eigenvalue weighted by molar-refractivity contribution is 8.00. The second kappa shape index (κ2) is 9.48. The number of carbonyl (C=O) groups is 2. The lowest BCUT2D eigenvalue weighted by Gasteiger charge is -2.32. The zero-order valence-corrected chi connectivity index (χ0v) is 18.4. The molecule has 1 fully saturated rings. The van der Waals surface area contributed by atoms with Gasteiger partial charge < -0.3 is 9.64 Å². The van der Waals surface area contributed by atoms with E-state index in [1.807, 2.05) is 29.5 Å². The first kappa shape index (κ1) is 21.4. The molecule has 1 aromatic heterocycles. The number of esters is 1. The number of aromatic nitrogens is 2. The van der Waals surface area contributed by atoms with Crippen molar-refractivity contribution in [2.45, 2.75) is 50.9 Å². The molecule has 1 saturated heterocycles. The van der Waals surface area contributed by atoms with Crippen molar-refractivity contribution in [3.63, 3.8) is 0 Å². The summed E-state index contributed by atoms with van der Waals surface area (Å²) < 4.78 is 7.15. The number of thioether (sulfide) groups is 1. The number of rotatable bonds is 6. The maximum Gasteiger partial charge on any atom is 0.309 e. The summed E-state index contributed by atoms with van der Waals surface area (Å²) in [6.07, 6.45) is 5.03. The molecule has 3 rings (SSSR count). The Hall–Kier alpha value is -2.28. The molecular formula is C22H29N3O3S. The molecule has 29 heavy (non-hydrogen) atoms. The molecule has 2 heterocycles. The van der Waals surface area contributed by atoms with Crippen LogP contribution in [0.5, 0.6) is 0 Å². The number of amides is 1. The van der Waals surface area contributed by atoms with E-state index in [4.69, 9.17) is 4.74 Å². The number of hydrogen-bond donors (Lipinski definition) is 0. The lowest BCUT2D eigenvalue weighted by Crippen LogP contribution is -2.43. The van der Waals surface area contributed by atoms with Crippen molar-refractivity contribution in [3.8, 4) is 5.69 Å². The summed E-state index contributed by atoms with van der Waals surface area (Å²) >= 11 is 1.47. The van der Waals surface area contributed by atoms with Crippen LogP contribution < -0.4 is 0 Å². The van der Waals surface area contributed by atoms with Gasteiger partial charge in [0.05, 0.1) is 23.5 Å². The molecular weight excluding hydrogens is 386 g/mol. The quantitative estimate of drug-likeness (QED) is 0.531. The minimum Gasteiger partial charge on any atom is -0.466 e. The first-order valence-corrected chi connectivity index (χ1v) is 11.0. The van der Waals surface area contributed by atoms with Gasteiger partial charge >= 0.3 is 5.97 Å². The number of aryl methyl sites for hydroxylation is 2. The zero-order valence-electron chi connectivity index (χ0n) is 17.6. The average Bonchev–Trinajstić information content (AvgIpc) is 3.15. The van der Waals surface area contributed by atoms with Crippen molar-refractivity contribution in [1.29, 1.82) is 0 Å². The Morgan fingerprint density at radius 2 is 2.00 bits per heavy atom. The van der Waals surface area contributed by atoms with Crippen molar-refractivity contribution in [3.05, 3.63) is 41.7 Å². The molecule has 0 unspecified atom stereocenters. The smallest absolute Gasteiger partial charge is 0.309 e. The van der Waals surface area contributed by atoms with Crippen molar-refractivity contribution in [2.75, 3.05) is 19.7 Å². The number of ether oxygens (including phenoxy) is 1. The Bertz CT molecular complexity index is 872. The number of carbonyl (C=O) groups excluding carboxylic acids is 2. The van der Waals surface area contributed by atoms with Crippen LogP contribution in [0.15, 0.2) is 35.7 Å². The van der Waals surface area contributed by atoms with Crippen molar-refractivity contribution >= 4 is 23.6 Å². The number of benzene rings is 1. The summed E-state index contributed by atoms with van der Waals surface area (Å²) in [4.78, 5) is 31.2. The molecule has 0 saturated carbocycles. The van der Waals surface area contributed by atoms with Crippen LogP contribution in [0.4, 0.5) is 0 Å². The fourth-order valence-electron chi connectivity index (χ4n) is 3.70. The van der Waals surface area contributed by atoms with E-state index in [-0.39, 0.29) is 23.0 Å². The number of hydrogen-bond acceptors (Lipinski definition) is 5. The summed E-state index contributed by atoms with van der Waals surface area (Å²) in [7, 11) is 0. The minimum absolute atomic E-state index is 0.0903. The van der Waals surface area contributed by atoms with Crippen LogP contribution in [0.1, 0.15) is 37.8 Å². The van der Waals surface area contributed by atoms with E-state index in [0.717, 1.165) is 10.8 Å². The SMILES string of the molecule is CCOC(=O)C1CCN(C(=O)[C@H](C)Sc2nccn2-c2ccc(C)cc2C)CC1. The topological polar surface area (TPSA) is 64.4 Å². The highest BCUT2D eigenvalue weighted by Gasteiger charge is 2.30.